The maximum absolute atomic E-state index is 12.9. The first kappa shape index (κ1) is 28.6. The van der Waals surface area contributed by atoms with Gasteiger partial charge in [-0.05, 0) is 51.2 Å². The normalized spacial score (nSPS) is 15.8. The molecular formula is C29H35ClN8O3. The van der Waals surface area contributed by atoms with Gasteiger partial charge in [-0.1, -0.05) is 23.7 Å². The van der Waals surface area contributed by atoms with E-state index in [1.165, 1.54) is 6.20 Å². The van der Waals surface area contributed by atoms with Crippen LogP contribution in [0.1, 0.15) is 23.2 Å². The van der Waals surface area contributed by atoms with Gasteiger partial charge in [0.1, 0.15) is 10.8 Å². The van der Waals surface area contributed by atoms with Crippen molar-refractivity contribution in [3.63, 3.8) is 0 Å². The van der Waals surface area contributed by atoms with E-state index in [1.807, 2.05) is 12.1 Å². The summed E-state index contributed by atoms with van der Waals surface area (Å²) in [6.45, 7) is 3.26. The largest absolute Gasteiger partial charge is 0.494 e. The number of anilines is 5. The second-order valence-corrected chi connectivity index (χ2v) is 10.8. The van der Waals surface area contributed by atoms with E-state index in [4.69, 9.17) is 16.3 Å². The minimum absolute atomic E-state index is 0.0437. The summed E-state index contributed by atoms with van der Waals surface area (Å²) in [6, 6.07) is 13.3. The van der Waals surface area contributed by atoms with Gasteiger partial charge in [0.15, 0.2) is 5.82 Å². The van der Waals surface area contributed by atoms with E-state index in [9.17, 15) is 9.59 Å². The number of rotatable bonds is 10. The Kier molecular flexibility index (Phi) is 8.87. The van der Waals surface area contributed by atoms with Gasteiger partial charge < -0.3 is 35.8 Å². The third-order valence-electron chi connectivity index (χ3n) is 7.48. The maximum Gasteiger partial charge on any atom is 0.292 e. The number of hydrogen-bond donors (Lipinski definition) is 4. The number of methoxy groups -OCH3 is 1. The van der Waals surface area contributed by atoms with Gasteiger partial charge in [-0.15, -0.1) is 0 Å². The fourth-order valence-corrected chi connectivity index (χ4v) is 5.08. The molecule has 4 N–H and O–H groups in total. The Balaban J connectivity index is 1.30. The Morgan fingerprint density at radius 3 is 2.51 bits per heavy atom. The molecule has 2 saturated heterocycles. The predicted octanol–water partition coefficient (Wildman–Crippen LogP) is 3.43. The van der Waals surface area contributed by atoms with Crippen molar-refractivity contribution in [3.05, 3.63) is 59.2 Å². The van der Waals surface area contributed by atoms with Crippen molar-refractivity contribution in [1.29, 1.82) is 0 Å². The molecule has 11 nitrogen and oxygen atoms in total. The van der Waals surface area contributed by atoms with Crippen LogP contribution in [0.25, 0.3) is 0 Å². The van der Waals surface area contributed by atoms with E-state index in [2.05, 4.69) is 61.2 Å². The van der Waals surface area contributed by atoms with Crippen LogP contribution in [0.3, 0.4) is 0 Å². The molecule has 0 unspecified atom stereocenters. The van der Waals surface area contributed by atoms with Crippen molar-refractivity contribution in [1.82, 2.24) is 25.5 Å². The summed E-state index contributed by atoms with van der Waals surface area (Å²) < 4.78 is 5.69. The lowest BCUT2D eigenvalue weighted by Gasteiger charge is -2.36. The number of hydrogen-bond acceptors (Lipinski definition) is 10. The van der Waals surface area contributed by atoms with Crippen molar-refractivity contribution in [2.24, 2.45) is 0 Å². The molecule has 2 aliphatic rings. The molecule has 0 radical (unpaired) electrons. The first-order valence-corrected chi connectivity index (χ1v) is 14.0. The van der Waals surface area contributed by atoms with E-state index in [0.29, 0.717) is 36.3 Å². The molecule has 1 amide bonds. The van der Waals surface area contributed by atoms with Crippen LogP contribution in [-0.4, -0.2) is 86.0 Å². The highest BCUT2D eigenvalue weighted by molar-refractivity contribution is 6.44. The number of ketones is 1. The Morgan fingerprint density at radius 2 is 1.83 bits per heavy atom. The van der Waals surface area contributed by atoms with Crippen molar-refractivity contribution in [2.75, 3.05) is 62.9 Å². The molecule has 2 fully saturated rings. The van der Waals surface area contributed by atoms with E-state index in [-0.39, 0.29) is 28.4 Å². The molecule has 0 spiro atoms. The van der Waals surface area contributed by atoms with Crippen LogP contribution in [0.4, 0.5) is 28.8 Å². The molecule has 41 heavy (non-hydrogen) atoms. The molecule has 0 bridgehead atoms. The van der Waals surface area contributed by atoms with E-state index in [0.717, 1.165) is 31.6 Å². The SMILES string of the molecule is COc1cc(N2CCC(N(C)C)CC2)ccc1Nc1ncc(Cl)c(Nc2ccccc2C(=O)C(=O)NC2CNC2)n1. The number of halogens is 1. The third-order valence-corrected chi connectivity index (χ3v) is 7.76. The van der Waals surface area contributed by atoms with Gasteiger partial charge in [0.2, 0.25) is 5.95 Å². The van der Waals surface area contributed by atoms with Crippen LogP contribution < -0.4 is 30.9 Å². The number of para-hydroxylation sites is 1. The summed E-state index contributed by atoms with van der Waals surface area (Å²) in [4.78, 5) is 38.9. The number of amides is 1. The zero-order valence-electron chi connectivity index (χ0n) is 23.4. The van der Waals surface area contributed by atoms with Gasteiger partial charge in [-0.2, -0.15) is 4.98 Å². The van der Waals surface area contributed by atoms with Gasteiger partial charge in [0, 0.05) is 44.0 Å². The monoisotopic (exact) mass is 578 g/mol. The van der Waals surface area contributed by atoms with Gasteiger partial charge in [0.25, 0.3) is 11.7 Å². The quantitative estimate of drug-likeness (QED) is 0.210. The van der Waals surface area contributed by atoms with Crippen LogP contribution in [0.2, 0.25) is 5.02 Å². The molecule has 0 atom stereocenters. The maximum atomic E-state index is 12.9. The smallest absolute Gasteiger partial charge is 0.292 e. The van der Waals surface area contributed by atoms with Gasteiger partial charge in [-0.3, -0.25) is 9.59 Å². The molecule has 1 aromatic heterocycles. The van der Waals surface area contributed by atoms with Gasteiger partial charge in [0.05, 0.1) is 36.3 Å². The molecule has 0 aliphatic carbocycles. The molecule has 12 heteroatoms. The highest BCUT2D eigenvalue weighted by Gasteiger charge is 2.26. The van der Waals surface area contributed by atoms with Crippen LogP contribution in [0.15, 0.2) is 48.7 Å². The Hall–Kier alpha value is -3.93. The van der Waals surface area contributed by atoms with E-state index >= 15 is 0 Å². The number of benzene rings is 2. The van der Waals surface area contributed by atoms with Crippen molar-refractivity contribution < 1.29 is 14.3 Å². The number of nitrogens with one attached hydrogen (secondary N) is 4. The molecule has 5 rings (SSSR count). The summed E-state index contributed by atoms with van der Waals surface area (Å²) >= 11 is 6.41. The van der Waals surface area contributed by atoms with E-state index in [1.54, 1.807) is 31.4 Å². The first-order valence-electron chi connectivity index (χ1n) is 13.6. The average molecular weight is 579 g/mol. The zero-order valence-corrected chi connectivity index (χ0v) is 24.2. The average Bonchev–Trinajstić information content (AvgIpc) is 2.96. The first-order chi connectivity index (χ1) is 19.8. The highest BCUT2D eigenvalue weighted by atomic mass is 35.5. The standard InChI is InChI=1S/C29H35ClN8O3/c1-37(2)19-10-12-38(13-11-19)20-8-9-24(25(14-20)41-3)35-29-32-17-22(30)27(36-29)34-23-7-5-4-6-21(23)26(39)28(40)33-18-15-31-16-18/h4-9,14,17-19,31H,10-13,15-16H2,1-3H3,(H,33,40)(H2,32,34,35,36). The van der Waals surface area contributed by atoms with Crippen LogP contribution in [-0.2, 0) is 4.79 Å². The van der Waals surface area contributed by atoms with Crippen molar-refractivity contribution in [2.45, 2.75) is 24.9 Å². The van der Waals surface area contributed by atoms with E-state index < -0.39 is 11.7 Å². The minimum atomic E-state index is -0.653. The molecule has 216 valence electrons. The third kappa shape index (κ3) is 6.70. The second-order valence-electron chi connectivity index (χ2n) is 10.4. The Morgan fingerprint density at radius 1 is 1.07 bits per heavy atom. The van der Waals surface area contributed by atoms with Crippen LogP contribution in [0.5, 0.6) is 5.75 Å². The molecule has 3 heterocycles. The summed E-state index contributed by atoms with van der Waals surface area (Å²) in [5.74, 6) is -0.0612. The highest BCUT2D eigenvalue weighted by Crippen LogP contribution is 2.34. The molecule has 0 saturated carbocycles. The number of nitrogens with zero attached hydrogens (tertiary/aromatic N) is 4. The van der Waals surface area contributed by atoms with Crippen LogP contribution >= 0.6 is 11.6 Å². The molecular weight excluding hydrogens is 544 g/mol. The minimum Gasteiger partial charge on any atom is -0.494 e. The summed E-state index contributed by atoms with van der Waals surface area (Å²) in [5, 5.41) is 12.4. The fraction of sp³-hybridized carbons (Fsp3) is 0.379. The molecule has 3 aromatic rings. The van der Waals surface area contributed by atoms with Crippen LogP contribution in [0, 0.1) is 0 Å². The van der Waals surface area contributed by atoms with Crippen molar-refractivity contribution in [3.8, 4) is 5.75 Å². The van der Waals surface area contributed by atoms with Gasteiger partial charge >= 0.3 is 0 Å². The number of Topliss-reactive ketones (excluding diaryl/α,β-unsaturated/α-hetero) is 1. The Labute approximate surface area is 244 Å². The summed E-state index contributed by atoms with van der Waals surface area (Å²) in [6.07, 6.45) is 3.69. The number of aromatic nitrogens is 2. The zero-order chi connectivity index (χ0) is 28.9. The van der Waals surface area contributed by atoms with Crippen molar-refractivity contribution >= 4 is 52.1 Å². The number of carbonyl (C=O) groups is 2. The second kappa shape index (κ2) is 12.7. The molecule has 2 aliphatic heterocycles. The fourth-order valence-electron chi connectivity index (χ4n) is 4.94. The Bertz CT molecular complexity index is 1410. The predicted molar refractivity (Wildman–Crippen MR) is 161 cm³/mol. The summed E-state index contributed by atoms with van der Waals surface area (Å²) in [7, 11) is 5.90. The van der Waals surface area contributed by atoms with Gasteiger partial charge in [-0.25, -0.2) is 4.98 Å². The number of ether oxygens (including phenoxy) is 1. The molecule has 2 aromatic carbocycles. The lowest BCUT2D eigenvalue weighted by atomic mass is 10.0. The topological polar surface area (TPSA) is 124 Å². The number of carbonyl (C=O) groups excluding carboxylic acids is 2. The summed E-state index contributed by atoms with van der Waals surface area (Å²) in [5.41, 5.74) is 2.42. The lowest BCUT2D eigenvalue weighted by molar-refractivity contribution is -0.117. The number of piperidine rings is 1. The lowest BCUT2D eigenvalue weighted by Crippen LogP contribution is -2.58.